The number of imidazole rings is 1. The Balaban J connectivity index is 1.74. The van der Waals surface area contributed by atoms with Gasteiger partial charge in [0.15, 0.2) is 0 Å². The number of hydrogen-bond donors (Lipinski definition) is 2. The van der Waals surface area contributed by atoms with Gasteiger partial charge in [-0.25, -0.2) is 4.98 Å². The van der Waals surface area contributed by atoms with E-state index in [2.05, 4.69) is 15.6 Å². The van der Waals surface area contributed by atoms with Crippen LogP contribution in [0.4, 0.5) is 5.69 Å². The fourth-order valence-electron chi connectivity index (χ4n) is 2.21. The van der Waals surface area contributed by atoms with Crippen molar-refractivity contribution in [3.05, 3.63) is 48.0 Å². The molecule has 1 heterocycles. The van der Waals surface area contributed by atoms with Crippen LogP contribution in [0.2, 0.25) is 0 Å². The molecular weight excluding hydrogens is 264 g/mol. The summed E-state index contributed by atoms with van der Waals surface area (Å²) in [5, 5.41) is 6.04. The zero-order valence-electron chi connectivity index (χ0n) is 12.6. The predicted molar refractivity (Wildman–Crippen MR) is 84.5 cm³/mol. The second-order valence-corrected chi connectivity index (χ2v) is 5.04. The summed E-state index contributed by atoms with van der Waals surface area (Å²) in [7, 11) is 1.87. The van der Waals surface area contributed by atoms with Gasteiger partial charge in [-0.2, -0.15) is 0 Å². The summed E-state index contributed by atoms with van der Waals surface area (Å²) < 4.78 is 2.04. The molecule has 0 spiro atoms. The first kappa shape index (κ1) is 15.1. The van der Waals surface area contributed by atoms with Gasteiger partial charge >= 0.3 is 0 Å². The van der Waals surface area contributed by atoms with Crippen LogP contribution in [0.3, 0.4) is 0 Å². The van der Waals surface area contributed by atoms with Gasteiger partial charge in [-0.1, -0.05) is 0 Å². The summed E-state index contributed by atoms with van der Waals surface area (Å²) in [6.07, 6.45) is 7.52. The zero-order chi connectivity index (χ0) is 15.1. The minimum atomic E-state index is -0.00205. The molecule has 5 heteroatoms. The van der Waals surface area contributed by atoms with Gasteiger partial charge in [0.2, 0.25) is 0 Å². The molecule has 0 aliphatic carbocycles. The number of carbonyl (C=O) groups is 1. The van der Waals surface area contributed by atoms with E-state index in [1.807, 2.05) is 49.3 Å². The van der Waals surface area contributed by atoms with E-state index in [1.165, 1.54) is 0 Å². The number of benzene rings is 1. The first-order valence-electron chi connectivity index (χ1n) is 7.23. The number of hydrogen-bond acceptors (Lipinski definition) is 3. The van der Waals surface area contributed by atoms with Crippen molar-refractivity contribution in [2.24, 2.45) is 0 Å². The summed E-state index contributed by atoms with van der Waals surface area (Å²) in [6.45, 7) is 3.58. The highest BCUT2D eigenvalue weighted by molar-refractivity contribution is 5.96. The monoisotopic (exact) mass is 286 g/mol. The van der Waals surface area contributed by atoms with E-state index < -0.39 is 0 Å². The molecule has 0 aliphatic rings. The maximum Gasteiger partial charge on any atom is 0.251 e. The van der Waals surface area contributed by atoms with Crippen LogP contribution in [-0.4, -0.2) is 29.1 Å². The van der Waals surface area contributed by atoms with Crippen molar-refractivity contribution < 1.29 is 4.79 Å². The Morgan fingerprint density at radius 1 is 1.33 bits per heavy atom. The van der Waals surface area contributed by atoms with Crippen LogP contribution >= 0.6 is 0 Å². The average molecular weight is 286 g/mol. The van der Waals surface area contributed by atoms with Crippen LogP contribution in [0.1, 0.15) is 28.8 Å². The highest BCUT2D eigenvalue weighted by atomic mass is 16.1. The molecule has 0 atom stereocenters. The number of nitrogens with zero attached hydrogens (tertiary/aromatic N) is 2. The van der Waals surface area contributed by atoms with Crippen LogP contribution in [0.25, 0.3) is 0 Å². The number of unbranched alkanes of at least 4 members (excludes halogenated alkanes) is 1. The fourth-order valence-corrected chi connectivity index (χ4v) is 2.21. The summed E-state index contributed by atoms with van der Waals surface area (Å²) >= 11 is 0. The zero-order valence-corrected chi connectivity index (χ0v) is 12.6. The molecule has 0 saturated heterocycles. The number of aromatic nitrogens is 2. The van der Waals surface area contributed by atoms with Crippen molar-refractivity contribution in [3.63, 3.8) is 0 Å². The maximum absolute atomic E-state index is 12.1. The lowest BCUT2D eigenvalue weighted by Gasteiger charge is -2.09. The lowest BCUT2D eigenvalue weighted by atomic mass is 10.1. The Morgan fingerprint density at radius 3 is 2.86 bits per heavy atom. The first-order valence-corrected chi connectivity index (χ1v) is 7.23. The van der Waals surface area contributed by atoms with E-state index >= 15 is 0 Å². The number of rotatable bonds is 7. The average Bonchev–Trinajstić information content (AvgIpc) is 2.99. The first-order chi connectivity index (χ1) is 10.2. The van der Waals surface area contributed by atoms with Crippen LogP contribution < -0.4 is 10.6 Å². The standard InChI is InChI=1S/C16H22N4O/c1-13-11-14(17-2)5-6-15(13)16(21)19-7-3-4-9-20-10-8-18-12-20/h5-6,8,10-12,17H,3-4,7,9H2,1-2H3,(H,19,21). The molecule has 0 fully saturated rings. The number of anilines is 1. The number of aryl methyl sites for hydroxylation is 2. The summed E-state index contributed by atoms with van der Waals surface area (Å²) in [4.78, 5) is 16.1. The molecule has 21 heavy (non-hydrogen) atoms. The SMILES string of the molecule is CNc1ccc(C(=O)NCCCCn2ccnc2)c(C)c1. The molecule has 1 aromatic heterocycles. The van der Waals surface area contributed by atoms with Gasteiger partial charge in [0.1, 0.15) is 0 Å². The third-order valence-electron chi connectivity index (χ3n) is 3.45. The Morgan fingerprint density at radius 2 is 2.19 bits per heavy atom. The molecule has 0 radical (unpaired) electrons. The van der Waals surface area contributed by atoms with E-state index in [0.717, 1.165) is 36.2 Å². The van der Waals surface area contributed by atoms with Gasteiger partial charge in [-0.05, 0) is 43.5 Å². The molecule has 2 N–H and O–H groups in total. The van der Waals surface area contributed by atoms with Crippen LogP contribution in [-0.2, 0) is 6.54 Å². The number of carbonyl (C=O) groups excluding carboxylic acids is 1. The summed E-state index contributed by atoms with van der Waals surface area (Å²) in [5.41, 5.74) is 2.74. The maximum atomic E-state index is 12.1. The van der Waals surface area contributed by atoms with Crippen LogP contribution in [0, 0.1) is 6.92 Å². The van der Waals surface area contributed by atoms with Crippen molar-refractivity contribution in [3.8, 4) is 0 Å². The number of amides is 1. The Kier molecular flexibility index (Phi) is 5.37. The molecule has 1 aromatic carbocycles. The molecule has 0 bridgehead atoms. The molecular formula is C16H22N4O. The van der Waals surface area contributed by atoms with E-state index in [0.29, 0.717) is 6.54 Å². The predicted octanol–water partition coefficient (Wildman–Crippen LogP) is 2.44. The smallest absolute Gasteiger partial charge is 0.251 e. The van der Waals surface area contributed by atoms with Gasteiger partial charge in [0.05, 0.1) is 6.33 Å². The third-order valence-corrected chi connectivity index (χ3v) is 3.45. The fraction of sp³-hybridized carbons (Fsp3) is 0.375. The van der Waals surface area contributed by atoms with E-state index in [9.17, 15) is 4.79 Å². The minimum absolute atomic E-state index is 0.00205. The molecule has 0 saturated carbocycles. The van der Waals surface area contributed by atoms with Gasteiger partial charge in [0.25, 0.3) is 5.91 Å². The lowest BCUT2D eigenvalue weighted by Crippen LogP contribution is -2.25. The van der Waals surface area contributed by atoms with Gasteiger partial charge in [0, 0.05) is 43.8 Å². The topological polar surface area (TPSA) is 59.0 Å². The highest BCUT2D eigenvalue weighted by Gasteiger charge is 2.08. The van der Waals surface area contributed by atoms with Crippen LogP contribution in [0.5, 0.6) is 0 Å². The molecule has 1 amide bonds. The Bertz CT molecular complexity index is 578. The molecule has 5 nitrogen and oxygen atoms in total. The van der Waals surface area contributed by atoms with Crippen molar-refractivity contribution in [2.75, 3.05) is 18.9 Å². The van der Waals surface area contributed by atoms with E-state index in [-0.39, 0.29) is 5.91 Å². The van der Waals surface area contributed by atoms with Gasteiger partial charge in [-0.3, -0.25) is 4.79 Å². The molecule has 2 rings (SSSR count). The second-order valence-electron chi connectivity index (χ2n) is 5.04. The van der Waals surface area contributed by atoms with Crippen LogP contribution in [0.15, 0.2) is 36.9 Å². The minimum Gasteiger partial charge on any atom is -0.388 e. The normalized spacial score (nSPS) is 10.4. The molecule has 0 aliphatic heterocycles. The number of nitrogens with one attached hydrogen (secondary N) is 2. The third kappa shape index (κ3) is 4.34. The summed E-state index contributed by atoms with van der Waals surface area (Å²) in [5.74, 6) is -0.00205. The molecule has 112 valence electrons. The Hall–Kier alpha value is -2.30. The molecule has 2 aromatic rings. The van der Waals surface area contributed by atoms with E-state index in [4.69, 9.17) is 0 Å². The van der Waals surface area contributed by atoms with Crippen molar-refractivity contribution in [2.45, 2.75) is 26.3 Å². The lowest BCUT2D eigenvalue weighted by molar-refractivity contribution is 0.0952. The highest BCUT2D eigenvalue weighted by Crippen LogP contribution is 2.14. The largest absolute Gasteiger partial charge is 0.388 e. The Labute approximate surface area is 125 Å². The van der Waals surface area contributed by atoms with Gasteiger partial charge < -0.3 is 15.2 Å². The van der Waals surface area contributed by atoms with Gasteiger partial charge in [-0.15, -0.1) is 0 Å². The van der Waals surface area contributed by atoms with Crippen molar-refractivity contribution >= 4 is 11.6 Å². The van der Waals surface area contributed by atoms with Crippen molar-refractivity contribution in [1.29, 1.82) is 0 Å². The van der Waals surface area contributed by atoms with Crippen molar-refractivity contribution in [1.82, 2.24) is 14.9 Å². The second kappa shape index (κ2) is 7.47. The van der Waals surface area contributed by atoms with E-state index in [1.54, 1.807) is 6.20 Å². The summed E-state index contributed by atoms with van der Waals surface area (Å²) in [6, 6.07) is 5.76. The quantitative estimate of drug-likeness (QED) is 0.769. The molecule has 0 unspecified atom stereocenters.